The van der Waals surface area contributed by atoms with E-state index in [1.54, 1.807) is 12.1 Å². The molecule has 5 heterocycles. The van der Waals surface area contributed by atoms with Gasteiger partial charge >= 0.3 is 11.9 Å². The summed E-state index contributed by atoms with van der Waals surface area (Å²) in [4.78, 5) is 45.4. The van der Waals surface area contributed by atoms with Gasteiger partial charge in [-0.05, 0) is 48.5 Å². The molecule has 4 aromatic rings. The Morgan fingerprint density at radius 3 is 1.45 bits per heavy atom. The molecule has 228 valence electrons. The molecule has 0 aliphatic carbocycles. The van der Waals surface area contributed by atoms with Crippen LogP contribution in [0.4, 0.5) is 0 Å². The number of carboxylic acids is 2. The average Bonchev–Trinajstić information content (AvgIpc) is 3.01. The van der Waals surface area contributed by atoms with Gasteiger partial charge in [-0.2, -0.15) is 0 Å². The van der Waals surface area contributed by atoms with Crippen LogP contribution in [0.25, 0.3) is 0 Å². The van der Waals surface area contributed by atoms with Crippen molar-refractivity contribution in [2.24, 2.45) is 0 Å². The van der Waals surface area contributed by atoms with E-state index in [0.29, 0.717) is 77.1 Å². The van der Waals surface area contributed by atoms with Gasteiger partial charge in [-0.3, -0.25) is 19.8 Å². The summed E-state index contributed by atoms with van der Waals surface area (Å²) in [6.07, 6.45) is 0. The van der Waals surface area contributed by atoms with Crippen molar-refractivity contribution in [3.05, 3.63) is 118 Å². The zero-order valence-electron chi connectivity index (χ0n) is 24.2. The van der Waals surface area contributed by atoms with Crippen molar-refractivity contribution in [3.8, 4) is 0 Å². The third-order valence-electron chi connectivity index (χ3n) is 6.93. The standard InChI is InChI=1S/C32H34N6O6/c39-31(40)29-11-3-7-25(35-29)19-37-13-15-43-21-27-9-2-10-28(34-27)22-44-16-14-38(18-24-6-1-5-23(17-37)33-24)20-26-8-4-12-30(36-26)32(41)42/h1-12H,13-22H2,(H,39,40)(H,41,42). The second-order valence-electron chi connectivity index (χ2n) is 10.4. The van der Waals surface area contributed by atoms with Crippen LogP contribution in [0.1, 0.15) is 55.1 Å². The summed E-state index contributed by atoms with van der Waals surface area (Å²) < 4.78 is 11.9. The van der Waals surface area contributed by atoms with E-state index in [1.807, 2.05) is 48.5 Å². The van der Waals surface area contributed by atoms with Crippen molar-refractivity contribution < 1.29 is 29.3 Å². The molecule has 0 radical (unpaired) electrons. The van der Waals surface area contributed by atoms with Gasteiger partial charge in [0.2, 0.25) is 0 Å². The number of pyridine rings is 4. The fourth-order valence-electron chi connectivity index (χ4n) is 4.85. The fourth-order valence-corrected chi connectivity index (χ4v) is 4.85. The topological polar surface area (TPSA) is 151 Å². The van der Waals surface area contributed by atoms with Crippen LogP contribution in [-0.4, -0.2) is 78.2 Å². The van der Waals surface area contributed by atoms with Crippen molar-refractivity contribution in [2.45, 2.75) is 39.4 Å². The summed E-state index contributed by atoms with van der Waals surface area (Å²) in [7, 11) is 0. The summed E-state index contributed by atoms with van der Waals surface area (Å²) in [5, 5.41) is 18.8. The first kappa shape index (κ1) is 30.8. The zero-order chi connectivity index (χ0) is 30.7. The second-order valence-corrected chi connectivity index (χ2v) is 10.4. The number of fused-ring (bicyclic) bond motifs is 4. The number of nitrogens with zero attached hydrogens (tertiary/aromatic N) is 6. The van der Waals surface area contributed by atoms with Crippen molar-refractivity contribution in [1.82, 2.24) is 29.7 Å². The fraction of sp³-hybridized carbons (Fsp3) is 0.312. The molecule has 1 aliphatic rings. The average molecular weight is 599 g/mol. The van der Waals surface area contributed by atoms with E-state index >= 15 is 0 Å². The lowest BCUT2D eigenvalue weighted by atomic mass is 10.2. The molecule has 4 aromatic heterocycles. The highest BCUT2D eigenvalue weighted by molar-refractivity contribution is 5.85. The maximum Gasteiger partial charge on any atom is 0.354 e. The van der Waals surface area contributed by atoms with Crippen LogP contribution < -0.4 is 0 Å². The van der Waals surface area contributed by atoms with Gasteiger partial charge in [0, 0.05) is 39.3 Å². The highest BCUT2D eigenvalue weighted by Crippen LogP contribution is 2.13. The zero-order valence-corrected chi connectivity index (χ0v) is 24.2. The van der Waals surface area contributed by atoms with Gasteiger partial charge in [0.25, 0.3) is 0 Å². The van der Waals surface area contributed by atoms with Crippen LogP contribution in [0.15, 0.2) is 72.8 Å². The van der Waals surface area contributed by atoms with E-state index in [9.17, 15) is 19.8 Å². The van der Waals surface area contributed by atoms with Crippen LogP contribution in [-0.2, 0) is 48.9 Å². The Balaban J connectivity index is 1.38. The molecule has 12 heteroatoms. The molecule has 0 saturated carbocycles. The van der Waals surface area contributed by atoms with Crippen LogP contribution in [0, 0.1) is 0 Å². The first-order valence-corrected chi connectivity index (χ1v) is 14.3. The SMILES string of the molecule is O=C(O)c1cccc(CN2CCOCc3cccc(n3)COCCN(Cc3cccc(C(=O)O)n3)Cc3cccc(n3)C2)n1. The Labute approximate surface area is 255 Å². The highest BCUT2D eigenvalue weighted by atomic mass is 16.5. The van der Waals surface area contributed by atoms with Gasteiger partial charge in [0.05, 0.1) is 60.6 Å². The Hall–Kier alpha value is -4.62. The molecule has 0 saturated heterocycles. The van der Waals surface area contributed by atoms with Crippen molar-refractivity contribution >= 4 is 11.9 Å². The Morgan fingerprint density at radius 1 is 0.591 bits per heavy atom. The summed E-state index contributed by atoms with van der Waals surface area (Å²) in [5.41, 5.74) is 4.56. The van der Waals surface area contributed by atoms with E-state index in [-0.39, 0.29) is 11.4 Å². The maximum absolute atomic E-state index is 11.5. The Bertz CT molecular complexity index is 1480. The molecule has 0 unspecified atom stereocenters. The molecule has 0 amide bonds. The summed E-state index contributed by atoms with van der Waals surface area (Å²) in [5.74, 6) is -2.14. The molecule has 0 atom stereocenters. The number of hydrogen-bond acceptors (Lipinski definition) is 10. The summed E-state index contributed by atoms with van der Waals surface area (Å²) in [6.45, 7) is 4.49. The number of ether oxygens (including phenoxy) is 2. The molecule has 0 aromatic carbocycles. The van der Waals surface area contributed by atoms with E-state index < -0.39 is 11.9 Å². The lowest BCUT2D eigenvalue weighted by Crippen LogP contribution is -2.29. The molecular formula is C32H34N6O6. The van der Waals surface area contributed by atoms with E-state index in [2.05, 4.69) is 24.8 Å². The van der Waals surface area contributed by atoms with Crippen molar-refractivity contribution in [1.29, 1.82) is 0 Å². The molecule has 1 aliphatic heterocycles. The number of aromatic carboxylic acids is 2. The van der Waals surface area contributed by atoms with Gasteiger partial charge in [-0.15, -0.1) is 0 Å². The molecule has 0 spiro atoms. The van der Waals surface area contributed by atoms with Crippen LogP contribution in [0.2, 0.25) is 0 Å². The Morgan fingerprint density at radius 2 is 1.00 bits per heavy atom. The smallest absolute Gasteiger partial charge is 0.354 e. The van der Waals surface area contributed by atoms with Gasteiger partial charge in [-0.1, -0.05) is 24.3 Å². The largest absolute Gasteiger partial charge is 0.477 e. The number of aromatic nitrogens is 4. The second kappa shape index (κ2) is 15.2. The number of rotatable bonds is 6. The van der Waals surface area contributed by atoms with Crippen LogP contribution in [0.3, 0.4) is 0 Å². The molecule has 5 rings (SSSR count). The van der Waals surface area contributed by atoms with E-state index in [4.69, 9.17) is 14.5 Å². The third-order valence-corrected chi connectivity index (χ3v) is 6.93. The summed E-state index contributed by atoms with van der Waals surface area (Å²) >= 11 is 0. The minimum Gasteiger partial charge on any atom is -0.477 e. The van der Waals surface area contributed by atoms with Gasteiger partial charge in [-0.25, -0.2) is 19.6 Å². The minimum atomic E-state index is -1.07. The number of carbonyl (C=O) groups is 2. The van der Waals surface area contributed by atoms with Crippen molar-refractivity contribution in [3.63, 3.8) is 0 Å². The number of hydrogen-bond donors (Lipinski definition) is 2. The lowest BCUT2D eigenvalue weighted by Gasteiger charge is -2.24. The first-order chi connectivity index (χ1) is 21.4. The molecule has 0 fully saturated rings. The monoisotopic (exact) mass is 598 g/mol. The third kappa shape index (κ3) is 9.19. The highest BCUT2D eigenvalue weighted by Gasteiger charge is 2.15. The minimum absolute atomic E-state index is 0.00123. The molecule has 2 N–H and O–H groups in total. The van der Waals surface area contributed by atoms with Gasteiger partial charge < -0.3 is 19.7 Å². The predicted molar refractivity (Wildman–Crippen MR) is 158 cm³/mol. The van der Waals surface area contributed by atoms with Crippen LogP contribution >= 0.6 is 0 Å². The Kier molecular flexibility index (Phi) is 10.7. The maximum atomic E-state index is 11.5. The van der Waals surface area contributed by atoms with E-state index in [1.165, 1.54) is 12.1 Å². The predicted octanol–water partition coefficient (Wildman–Crippen LogP) is 3.41. The quantitative estimate of drug-likeness (QED) is 0.335. The van der Waals surface area contributed by atoms with Crippen molar-refractivity contribution in [2.75, 3.05) is 26.3 Å². The van der Waals surface area contributed by atoms with E-state index in [0.717, 1.165) is 22.8 Å². The van der Waals surface area contributed by atoms with Crippen LogP contribution in [0.5, 0.6) is 0 Å². The van der Waals surface area contributed by atoms with Gasteiger partial charge in [0.1, 0.15) is 11.4 Å². The molecular weight excluding hydrogens is 564 g/mol. The lowest BCUT2D eigenvalue weighted by molar-refractivity contribution is 0.0678. The molecule has 12 nitrogen and oxygen atoms in total. The summed E-state index contributed by atoms with van der Waals surface area (Å²) in [6, 6.07) is 21.6. The van der Waals surface area contributed by atoms with Gasteiger partial charge in [0.15, 0.2) is 0 Å². The normalized spacial score (nSPS) is 15.6. The number of carboxylic acid groups (broad SMARTS) is 2. The molecule has 4 bridgehead atoms. The first-order valence-electron chi connectivity index (χ1n) is 14.3. The molecule has 44 heavy (non-hydrogen) atoms.